The highest BCUT2D eigenvalue weighted by Crippen LogP contribution is 2.30. The number of likely N-dealkylation sites (N-methyl/N-ethyl adjacent to an activating group) is 8. The van der Waals surface area contributed by atoms with E-state index in [0.29, 0.717) is 30.2 Å². The second-order valence-corrected chi connectivity index (χ2v) is 32.3. The first-order valence-electron chi connectivity index (χ1n) is 41.9. The van der Waals surface area contributed by atoms with Gasteiger partial charge in [0.2, 0.25) is 0 Å². The van der Waals surface area contributed by atoms with Crippen molar-refractivity contribution in [2.45, 2.75) is 194 Å². The minimum Gasteiger partial charge on any atom is -0.311 e. The van der Waals surface area contributed by atoms with Crippen LogP contribution in [0.4, 0.5) is 8.78 Å². The fourth-order valence-electron chi connectivity index (χ4n) is 14.1. The van der Waals surface area contributed by atoms with Gasteiger partial charge in [-0.25, -0.2) is 8.78 Å². The minimum absolute atomic E-state index is 0.00444. The van der Waals surface area contributed by atoms with Crippen LogP contribution in [-0.2, 0) is 102 Å². The van der Waals surface area contributed by atoms with E-state index in [1.54, 1.807) is 87.8 Å². The molecule has 0 amide bonds. The van der Waals surface area contributed by atoms with Crippen LogP contribution in [0.3, 0.4) is 0 Å². The van der Waals surface area contributed by atoms with Crippen molar-refractivity contribution in [1.82, 2.24) is 42.5 Å². The van der Waals surface area contributed by atoms with Crippen LogP contribution >= 0.6 is 11.6 Å². The Morgan fingerprint density at radius 3 is 1.11 bits per heavy atom. The number of benzene rings is 10. The molecule has 0 radical (unpaired) electrons. The van der Waals surface area contributed by atoms with Gasteiger partial charge < -0.3 is 42.5 Å². The molecule has 0 unspecified atom stereocenters. The third kappa shape index (κ3) is 38.1. The molecule has 0 saturated heterocycles. The highest BCUT2D eigenvalue weighted by Gasteiger charge is 2.30. The zero-order valence-electron chi connectivity index (χ0n) is 75.2. The van der Waals surface area contributed by atoms with Gasteiger partial charge in [0.15, 0.2) is 0 Å². The van der Waals surface area contributed by atoms with Crippen molar-refractivity contribution in [2.75, 3.05) is 56.4 Å². The zero-order valence-corrected chi connectivity index (χ0v) is 75.9. The molecule has 0 spiro atoms. The molecule has 10 aromatic rings. The molecule has 16 nitrogen and oxygen atoms in total. The first-order chi connectivity index (χ1) is 58.1. The molecule has 10 aromatic carbocycles. The van der Waals surface area contributed by atoms with Gasteiger partial charge in [0.1, 0.15) is 57.9 Å². The fourth-order valence-corrected chi connectivity index (χ4v) is 14.3. The highest BCUT2D eigenvalue weighted by atomic mass is 35.5. The molecule has 0 saturated carbocycles. The number of hydrogen-bond donors (Lipinski definition) is 8. The minimum atomic E-state index is -0.263. The SMILES string of the molecule is CN[C@@H](CCc1ccccc1)C(C)=O.CN[C@@H](Cc1ccc(C(C)(C)C)cc1)C(C)=O.CN[C@@H](Cc1ccc(F)cc1)C(C)=O.CN[C@@H](Cc1ccc2ccccc2c1)C(C)=O.CN[C@@H](Cc1cccc(Cl)c1)C(C)=O.CN[C@@H](Cc1cccc(F)c1)C(C)=O.CN[C@@H](Cc1cccc2ccccc12)C(C)=O.CN[C@H](C(C)=O)C1Cc2ccccc2C1. The Bertz CT molecular complexity index is 4760. The monoisotopic (exact) mass is 1680 g/mol. The van der Waals surface area contributed by atoms with E-state index in [4.69, 9.17) is 11.6 Å². The quantitative estimate of drug-likeness (QED) is 0.0196. The molecule has 11 rings (SSSR count). The number of carbonyl (C=O) groups excluding carboxylic acids is 8. The average Bonchev–Trinajstić information content (AvgIpc) is 1.58. The topological polar surface area (TPSA) is 233 Å². The second-order valence-electron chi connectivity index (χ2n) is 31.9. The lowest BCUT2D eigenvalue weighted by Gasteiger charge is -2.19. The third-order valence-electron chi connectivity index (χ3n) is 21.6. The predicted molar refractivity (Wildman–Crippen MR) is 500 cm³/mol. The maximum atomic E-state index is 12.8. The van der Waals surface area contributed by atoms with Crippen molar-refractivity contribution in [3.63, 3.8) is 0 Å². The summed E-state index contributed by atoms with van der Waals surface area (Å²) in [7, 11) is 14.4. The lowest BCUT2D eigenvalue weighted by molar-refractivity contribution is -0.120. The van der Waals surface area contributed by atoms with Gasteiger partial charge >= 0.3 is 0 Å². The zero-order chi connectivity index (χ0) is 90.4. The summed E-state index contributed by atoms with van der Waals surface area (Å²) in [4.78, 5) is 90.1. The number of rotatable bonds is 32. The number of nitrogens with one attached hydrogen (secondary N) is 8. The summed E-state index contributed by atoms with van der Waals surface area (Å²) in [6, 6.07) is 75.7. The molecule has 1 aliphatic carbocycles. The van der Waals surface area contributed by atoms with Crippen molar-refractivity contribution in [1.29, 1.82) is 0 Å². The Morgan fingerprint density at radius 2 is 0.689 bits per heavy atom. The third-order valence-corrected chi connectivity index (χ3v) is 21.8. The molecule has 8 N–H and O–H groups in total. The van der Waals surface area contributed by atoms with Crippen LogP contribution in [-0.4, -0.2) is 151 Å². The Labute approximate surface area is 730 Å². The van der Waals surface area contributed by atoms with E-state index in [1.165, 1.54) is 91.7 Å². The van der Waals surface area contributed by atoms with E-state index < -0.39 is 0 Å². The van der Waals surface area contributed by atoms with E-state index in [0.717, 1.165) is 61.6 Å². The molecule has 0 heterocycles. The summed E-state index contributed by atoms with van der Waals surface area (Å²) in [6.07, 6.45) is 7.95. The Kier molecular flexibility index (Phi) is 47.7. The average molecular weight is 1680 g/mol. The van der Waals surface area contributed by atoms with Crippen LogP contribution in [0.25, 0.3) is 21.5 Å². The lowest BCUT2D eigenvalue weighted by Crippen LogP contribution is -2.39. The van der Waals surface area contributed by atoms with Gasteiger partial charge in [0.25, 0.3) is 0 Å². The molecule has 0 aliphatic heterocycles. The lowest BCUT2D eigenvalue weighted by atomic mass is 9.86. The second kappa shape index (κ2) is 55.8. The normalized spacial score (nSPS) is 13.3. The summed E-state index contributed by atoms with van der Waals surface area (Å²) < 4.78 is 25.4. The number of Topliss-reactive ketones (excluding diaryl/α,β-unsaturated/α-hetero) is 8. The highest BCUT2D eigenvalue weighted by molar-refractivity contribution is 6.30. The Balaban J connectivity index is 0.000000293. The van der Waals surface area contributed by atoms with Gasteiger partial charge in [-0.05, 0) is 301 Å². The predicted octanol–water partition coefficient (Wildman–Crippen LogP) is 16.3. The number of fused-ring (bicyclic) bond motifs is 3. The van der Waals surface area contributed by atoms with Gasteiger partial charge in [-0.1, -0.05) is 233 Å². The summed E-state index contributed by atoms with van der Waals surface area (Å²) in [5.74, 6) is 1.23. The van der Waals surface area contributed by atoms with Crippen LogP contribution in [0.15, 0.2) is 237 Å². The van der Waals surface area contributed by atoms with Crippen molar-refractivity contribution in [2.24, 2.45) is 5.92 Å². The van der Waals surface area contributed by atoms with Crippen LogP contribution in [0.5, 0.6) is 0 Å². The van der Waals surface area contributed by atoms with Crippen LogP contribution < -0.4 is 42.5 Å². The molecule has 1 aliphatic rings. The van der Waals surface area contributed by atoms with E-state index in [1.807, 2.05) is 114 Å². The maximum Gasteiger partial charge on any atom is 0.147 e. The molecular weight excluding hydrogens is 1550 g/mol. The molecule has 0 bridgehead atoms. The maximum absolute atomic E-state index is 12.8. The van der Waals surface area contributed by atoms with E-state index in [2.05, 4.69) is 179 Å². The summed E-state index contributed by atoms with van der Waals surface area (Å²) in [5.41, 5.74) is 12.1. The molecule has 654 valence electrons. The Hall–Kier alpha value is -10.1. The van der Waals surface area contributed by atoms with Gasteiger partial charge in [0, 0.05) is 5.02 Å². The molecular formula is C103H133ClF2N8O8. The smallest absolute Gasteiger partial charge is 0.147 e. The molecule has 8 atom stereocenters. The number of carbonyl (C=O) groups is 8. The fraction of sp³-hybridized carbons (Fsp3) is 0.379. The molecule has 19 heteroatoms. The number of hydrogen-bond acceptors (Lipinski definition) is 16. The van der Waals surface area contributed by atoms with E-state index >= 15 is 0 Å². The van der Waals surface area contributed by atoms with Crippen LogP contribution in [0.1, 0.15) is 138 Å². The van der Waals surface area contributed by atoms with Crippen molar-refractivity contribution in [3.05, 3.63) is 309 Å². The van der Waals surface area contributed by atoms with Crippen LogP contribution in [0, 0.1) is 17.6 Å². The number of ketones is 8. The van der Waals surface area contributed by atoms with E-state index in [9.17, 15) is 47.1 Å². The number of aryl methyl sites for hydroxylation is 1. The van der Waals surface area contributed by atoms with Crippen LogP contribution in [0.2, 0.25) is 5.02 Å². The molecule has 0 fully saturated rings. The van der Waals surface area contributed by atoms with E-state index in [-0.39, 0.29) is 112 Å². The summed E-state index contributed by atoms with van der Waals surface area (Å²) in [5, 5.41) is 29.7. The largest absolute Gasteiger partial charge is 0.311 e. The number of halogens is 3. The van der Waals surface area contributed by atoms with Gasteiger partial charge in [-0.3, -0.25) is 38.4 Å². The summed E-state index contributed by atoms with van der Waals surface area (Å²) >= 11 is 5.85. The van der Waals surface area contributed by atoms with Gasteiger partial charge in [-0.2, -0.15) is 0 Å². The van der Waals surface area contributed by atoms with Crippen molar-refractivity contribution in [3.8, 4) is 0 Å². The summed E-state index contributed by atoms with van der Waals surface area (Å²) in [6.45, 7) is 19.5. The first-order valence-corrected chi connectivity index (χ1v) is 42.3. The van der Waals surface area contributed by atoms with Crippen molar-refractivity contribution < 1.29 is 47.1 Å². The van der Waals surface area contributed by atoms with Gasteiger partial charge in [-0.15, -0.1) is 0 Å². The van der Waals surface area contributed by atoms with Gasteiger partial charge in [0.05, 0.1) is 48.3 Å². The molecule has 122 heavy (non-hydrogen) atoms. The first kappa shape index (κ1) is 104. The van der Waals surface area contributed by atoms with Crippen molar-refractivity contribution >= 4 is 79.4 Å². The molecule has 0 aromatic heterocycles. The Morgan fingerprint density at radius 1 is 0.328 bits per heavy atom. The standard InChI is InChI=1S/2C15H17NO.C15H23NO.C13H17NO.C12H17NO.C11H14ClNO.2C11H14FNO/c1-11(17)15(16-2)10-13-8-5-7-12-6-3-4-9-14(12)13;1-11(17)15(16-2)10-12-7-8-13-5-3-4-6-14(13)9-12;1-11(17)14(16-5)10-12-6-8-13(9-7-12)15(2,3)4;1-9(15)13(14-2)12-7-10-5-3-4-6-11(10)8-12;1-10(14)12(13-2)9-8-11-6-4-3-5-7-11;1-8(14)11(13-2)7-9-4-3-5-10(12)6-9;1-8(14)11(13-2)7-9-3-5-10(12)6-4-9;1-8(14)11(13-2)7-9-4-3-5-10(12)6-9/h2*3-9,15-16H,10H2,1-2H3;6-9,14,16H,10H2,1-5H3;3-6,12-14H,7-8H2,1-2H3;3-7,12-13H,8-9H2,1-2H3;3*3-6,11,13H,7H2,1-2H3/t2*15-;14-;13-;12-;3*11-/m00010000/s1.